The van der Waals surface area contributed by atoms with Gasteiger partial charge in [-0.3, -0.25) is 4.79 Å². The van der Waals surface area contributed by atoms with Gasteiger partial charge in [-0.15, -0.1) is 0 Å². The molecule has 1 unspecified atom stereocenters. The molecule has 1 aromatic carbocycles. The van der Waals surface area contributed by atoms with Crippen LogP contribution in [0.15, 0.2) is 36.4 Å². The van der Waals surface area contributed by atoms with E-state index in [2.05, 4.69) is 26.0 Å². The van der Waals surface area contributed by atoms with E-state index < -0.39 is 59.7 Å². The highest BCUT2D eigenvalue weighted by Gasteiger charge is 2.50. The van der Waals surface area contributed by atoms with E-state index in [0.29, 0.717) is 25.7 Å². The quantitative estimate of drug-likeness (QED) is 0.299. The highest BCUT2D eigenvalue weighted by Crippen LogP contribution is 2.42. The van der Waals surface area contributed by atoms with Gasteiger partial charge in [-0.2, -0.15) is 0 Å². The van der Waals surface area contributed by atoms with Crippen LogP contribution in [-0.2, 0) is 23.7 Å². The Hall–Kier alpha value is -1.85. The fraction of sp³-hybridized carbons (Fsp3) is 0.769. The van der Waals surface area contributed by atoms with Crippen LogP contribution in [-0.4, -0.2) is 101 Å². The predicted molar refractivity (Wildman–Crippen MR) is 189 cm³/mol. The lowest BCUT2D eigenvalue weighted by Gasteiger charge is -2.48. The minimum Gasteiger partial charge on any atom is -0.459 e. The summed E-state index contributed by atoms with van der Waals surface area (Å²) in [5, 5.41) is 35.3. The van der Waals surface area contributed by atoms with Gasteiger partial charge in [0.25, 0.3) is 0 Å². The monoisotopic (exact) mass is 675 g/mol. The SMILES string of the molecule is CC[C@H]1OC(=O)[C@H](C)[C@@H](O)[C@H](C)[C@@H](O[C@@H]2O[C@H](C)C[C@H](N(C)C)[C@H]2O)[C@](C)(OC)C[C@@H](C)CC(C)[C@@H](C/C=C/c2ccccc2)[C@]1(C)O. The third-order valence-electron chi connectivity index (χ3n) is 11.3. The standard InChI is InChI=1S/C39H65NO8/c1-12-32-39(8,44)30(20-16-19-29-17-14-13-15-18-29)25(3)21-24(2)23-38(7,45-11)35(27(5)33(41)28(6)36(43)47-32)48-37-34(42)31(40(9)10)22-26(4)46-37/h13-19,24-28,30-35,37,41-42,44H,12,20-23H2,1-11H3/b19-16+/t24-,25?,26+,27-,28+,30+,31-,32+,33-,34+,35+,37-,38+,39-/m0/s1. The molecule has 2 saturated heterocycles. The molecule has 0 amide bonds. The van der Waals surface area contributed by atoms with Gasteiger partial charge in [-0.25, -0.2) is 0 Å². The molecule has 0 radical (unpaired) electrons. The number of carbonyl (C=O) groups is 1. The molecule has 48 heavy (non-hydrogen) atoms. The third-order valence-corrected chi connectivity index (χ3v) is 11.3. The van der Waals surface area contributed by atoms with E-state index in [1.165, 1.54) is 0 Å². The molecule has 0 aliphatic carbocycles. The molecule has 2 aliphatic heterocycles. The van der Waals surface area contributed by atoms with E-state index in [1.54, 1.807) is 21.0 Å². The van der Waals surface area contributed by atoms with E-state index in [4.69, 9.17) is 18.9 Å². The van der Waals surface area contributed by atoms with Gasteiger partial charge in [-0.05, 0) is 97.2 Å². The number of nitrogens with zero attached hydrogens (tertiary/aromatic N) is 1. The lowest BCUT2D eigenvalue weighted by molar-refractivity contribution is -0.301. The topological polar surface area (TPSA) is 118 Å². The second kappa shape index (κ2) is 17.4. The zero-order valence-corrected chi connectivity index (χ0v) is 31.3. The van der Waals surface area contributed by atoms with Crippen LogP contribution in [0.5, 0.6) is 0 Å². The minimum absolute atomic E-state index is 0.0530. The van der Waals surface area contributed by atoms with E-state index >= 15 is 0 Å². The third kappa shape index (κ3) is 9.68. The zero-order valence-electron chi connectivity index (χ0n) is 31.3. The number of likely N-dealkylation sites (N-methyl/N-ethyl adjacent to an activating group) is 1. The summed E-state index contributed by atoms with van der Waals surface area (Å²) in [6.07, 6.45) is 2.48. The van der Waals surface area contributed by atoms with Gasteiger partial charge in [0.05, 0.1) is 29.8 Å². The van der Waals surface area contributed by atoms with Gasteiger partial charge < -0.3 is 39.2 Å². The number of rotatable bonds is 8. The molecule has 2 aliphatic rings. The van der Waals surface area contributed by atoms with Crippen molar-refractivity contribution in [1.82, 2.24) is 4.90 Å². The summed E-state index contributed by atoms with van der Waals surface area (Å²) >= 11 is 0. The maximum atomic E-state index is 13.7. The number of hydrogen-bond acceptors (Lipinski definition) is 9. The Kier molecular flexibility index (Phi) is 14.7. The van der Waals surface area contributed by atoms with Crippen LogP contribution in [0.3, 0.4) is 0 Å². The molecule has 14 atom stereocenters. The van der Waals surface area contributed by atoms with Crippen LogP contribution in [0, 0.1) is 29.6 Å². The number of benzene rings is 1. The van der Waals surface area contributed by atoms with Crippen molar-refractivity contribution < 1.29 is 39.1 Å². The number of esters is 1. The molecule has 0 spiro atoms. The highest BCUT2D eigenvalue weighted by atomic mass is 16.7. The number of ether oxygens (including phenoxy) is 4. The Morgan fingerprint density at radius 3 is 2.25 bits per heavy atom. The maximum Gasteiger partial charge on any atom is 0.311 e. The molecule has 0 aromatic heterocycles. The van der Waals surface area contributed by atoms with Gasteiger partial charge in [-0.1, -0.05) is 70.2 Å². The Morgan fingerprint density at radius 1 is 1.02 bits per heavy atom. The van der Waals surface area contributed by atoms with E-state index in [0.717, 1.165) is 12.0 Å². The Balaban J connectivity index is 2.03. The Labute approximate surface area is 290 Å². The summed E-state index contributed by atoms with van der Waals surface area (Å²) in [5.74, 6) is -2.14. The summed E-state index contributed by atoms with van der Waals surface area (Å²) in [4.78, 5) is 15.7. The number of aliphatic hydroxyl groups excluding tert-OH is 2. The second-order valence-electron chi connectivity index (χ2n) is 15.5. The van der Waals surface area contributed by atoms with E-state index in [9.17, 15) is 20.1 Å². The molecule has 2 heterocycles. The number of hydrogen-bond donors (Lipinski definition) is 3. The van der Waals surface area contributed by atoms with Crippen molar-refractivity contribution in [2.24, 2.45) is 29.6 Å². The first-order chi connectivity index (χ1) is 22.5. The second-order valence-corrected chi connectivity index (χ2v) is 15.5. The van der Waals surface area contributed by atoms with Gasteiger partial charge in [0.2, 0.25) is 0 Å². The summed E-state index contributed by atoms with van der Waals surface area (Å²) in [5.41, 5.74) is -1.16. The van der Waals surface area contributed by atoms with Crippen molar-refractivity contribution in [3.8, 4) is 0 Å². The van der Waals surface area contributed by atoms with Crippen LogP contribution >= 0.6 is 0 Å². The zero-order chi connectivity index (χ0) is 36.0. The van der Waals surface area contributed by atoms with Crippen molar-refractivity contribution in [3.05, 3.63) is 42.0 Å². The van der Waals surface area contributed by atoms with Crippen LogP contribution in [0.25, 0.3) is 6.08 Å². The molecule has 0 bridgehead atoms. The highest BCUT2D eigenvalue weighted by molar-refractivity contribution is 5.73. The van der Waals surface area contributed by atoms with Gasteiger partial charge >= 0.3 is 5.97 Å². The van der Waals surface area contributed by atoms with Crippen molar-refractivity contribution in [2.45, 2.75) is 142 Å². The maximum absolute atomic E-state index is 13.7. The largest absolute Gasteiger partial charge is 0.459 e. The van der Waals surface area contributed by atoms with E-state index in [-0.39, 0.29) is 29.9 Å². The van der Waals surface area contributed by atoms with E-state index in [1.807, 2.05) is 77.0 Å². The van der Waals surface area contributed by atoms with Crippen LogP contribution in [0.4, 0.5) is 0 Å². The lowest BCUT2D eigenvalue weighted by Crippen LogP contribution is -2.59. The summed E-state index contributed by atoms with van der Waals surface area (Å²) in [6.45, 7) is 15.5. The van der Waals surface area contributed by atoms with Gasteiger partial charge in [0, 0.05) is 19.1 Å². The predicted octanol–water partition coefficient (Wildman–Crippen LogP) is 5.69. The first kappa shape index (κ1) is 40.6. The fourth-order valence-corrected chi connectivity index (χ4v) is 8.35. The number of aliphatic hydroxyl groups is 3. The van der Waals surface area contributed by atoms with Crippen molar-refractivity contribution in [3.63, 3.8) is 0 Å². The van der Waals surface area contributed by atoms with Gasteiger partial charge in [0.1, 0.15) is 17.8 Å². The molecule has 3 N–H and O–H groups in total. The minimum atomic E-state index is -1.32. The molecule has 9 heteroatoms. The van der Waals surface area contributed by atoms with Crippen molar-refractivity contribution in [1.29, 1.82) is 0 Å². The average Bonchev–Trinajstić information content (AvgIpc) is 3.03. The molecular weight excluding hydrogens is 610 g/mol. The van der Waals surface area contributed by atoms with Gasteiger partial charge in [0.15, 0.2) is 6.29 Å². The summed E-state index contributed by atoms with van der Waals surface area (Å²) < 4.78 is 25.2. The van der Waals surface area contributed by atoms with Crippen LogP contribution in [0.1, 0.15) is 93.1 Å². The Morgan fingerprint density at radius 2 is 1.67 bits per heavy atom. The molecule has 3 rings (SSSR count). The molecule has 274 valence electrons. The first-order valence-electron chi connectivity index (χ1n) is 18.0. The van der Waals surface area contributed by atoms with Crippen LogP contribution in [0.2, 0.25) is 0 Å². The summed E-state index contributed by atoms with van der Waals surface area (Å²) in [6, 6.07) is 9.89. The number of allylic oxidation sites excluding steroid dienone is 1. The number of cyclic esters (lactones) is 1. The average molecular weight is 676 g/mol. The molecule has 2 fully saturated rings. The lowest BCUT2D eigenvalue weighted by atomic mass is 9.69. The Bertz CT molecular complexity index is 1160. The molecule has 9 nitrogen and oxygen atoms in total. The molecule has 1 aromatic rings. The molecular formula is C39H65NO8. The molecule has 0 saturated carbocycles. The fourth-order valence-electron chi connectivity index (χ4n) is 8.35. The van der Waals surface area contributed by atoms with Crippen LogP contribution < -0.4 is 0 Å². The van der Waals surface area contributed by atoms with Crippen molar-refractivity contribution >= 4 is 12.0 Å². The number of carbonyl (C=O) groups excluding carboxylic acids is 1. The smallest absolute Gasteiger partial charge is 0.311 e. The summed E-state index contributed by atoms with van der Waals surface area (Å²) in [7, 11) is 5.50. The first-order valence-corrected chi connectivity index (χ1v) is 18.0. The number of methoxy groups -OCH3 is 1. The normalized spacial score (nSPS) is 42.4. The van der Waals surface area contributed by atoms with Crippen molar-refractivity contribution in [2.75, 3.05) is 21.2 Å².